The van der Waals surface area contributed by atoms with Crippen molar-refractivity contribution in [1.82, 2.24) is 4.90 Å². The molecule has 320 valence electrons. The van der Waals surface area contributed by atoms with Crippen LogP contribution in [0.5, 0.6) is 0 Å². The molecule has 0 aliphatic heterocycles. The van der Waals surface area contributed by atoms with Crippen LogP contribution in [0.2, 0.25) is 0 Å². The molecule has 54 heavy (non-hydrogen) atoms. The minimum absolute atomic E-state index is 0.0113. The van der Waals surface area contributed by atoms with E-state index in [0.29, 0.717) is 19.4 Å². The summed E-state index contributed by atoms with van der Waals surface area (Å²) >= 11 is 0. The molecule has 0 spiro atoms. The van der Waals surface area contributed by atoms with E-state index < -0.39 is 0 Å². The number of unbranched alkanes of at least 4 members (excludes halogenated alkanes) is 23. The van der Waals surface area contributed by atoms with Gasteiger partial charge in [0, 0.05) is 24.9 Å². The standard InChI is InChI=1S/C48H93NO5/c1-4-7-10-13-16-20-26-35-46(51)53-44-48(38-39-48)37-28-23-30-41-49(42-31-32-43-50)40-29-22-17-21-27-36-47(52)54-45(33-24-18-14-11-8-5-2)34-25-19-15-12-9-6-3/h45,50H,4-44H2,1-3H3. The first-order valence-electron chi connectivity index (χ1n) is 24.2. The zero-order chi connectivity index (χ0) is 39.2. The lowest BCUT2D eigenvalue weighted by Crippen LogP contribution is -2.27. The molecule has 6 heteroatoms. The highest BCUT2D eigenvalue weighted by atomic mass is 16.5. The number of ether oxygens (including phenoxy) is 2. The van der Waals surface area contributed by atoms with Crippen LogP contribution in [0.3, 0.4) is 0 Å². The van der Waals surface area contributed by atoms with Crippen LogP contribution >= 0.6 is 0 Å². The molecule has 0 saturated heterocycles. The van der Waals surface area contributed by atoms with Gasteiger partial charge >= 0.3 is 11.9 Å². The van der Waals surface area contributed by atoms with E-state index in [0.717, 1.165) is 71.0 Å². The molecular weight excluding hydrogens is 671 g/mol. The lowest BCUT2D eigenvalue weighted by atomic mass is 9.99. The average Bonchev–Trinajstić information content (AvgIpc) is 3.95. The Morgan fingerprint density at radius 3 is 1.41 bits per heavy atom. The lowest BCUT2D eigenvalue weighted by molar-refractivity contribution is -0.150. The number of carbonyl (C=O) groups excluding carboxylic acids is 2. The summed E-state index contributed by atoms with van der Waals surface area (Å²) in [5, 5.41) is 9.32. The Morgan fingerprint density at radius 2 is 0.926 bits per heavy atom. The van der Waals surface area contributed by atoms with Crippen LogP contribution in [0.1, 0.15) is 252 Å². The number of esters is 2. The molecule has 0 unspecified atom stereocenters. The van der Waals surface area contributed by atoms with Crippen LogP contribution in [-0.2, 0) is 19.1 Å². The van der Waals surface area contributed by atoms with Gasteiger partial charge in [0.1, 0.15) is 6.10 Å². The number of hydrogen-bond donors (Lipinski definition) is 1. The maximum atomic E-state index is 12.8. The summed E-state index contributed by atoms with van der Waals surface area (Å²) in [7, 11) is 0. The van der Waals surface area contributed by atoms with E-state index in [9.17, 15) is 14.7 Å². The van der Waals surface area contributed by atoms with Crippen LogP contribution in [0, 0.1) is 5.41 Å². The predicted molar refractivity (Wildman–Crippen MR) is 230 cm³/mol. The van der Waals surface area contributed by atoms with Gasteiger partial charge in [-0.05, 0) is 103 Å². The first kappa shape index (κ1) is 50.9. The first-order valence-corrected chi connectivity index (χ1v) is 24.2. The summed E-state index contributed by atoms with van der Waals surface area (Å²) in [6.07, 6.45) is 42.3. The fraction of sp³-hybridized carbons (Fsp3) is 0.958. The van der Waals surface area contributed by atoms with E-state index >= 15 is 0 Å². The Labute approximate surface area is 336 Å². The average molecular weight is 764 g/mol. The number of hydrogen-bond acceptors (Lipinski definition) is 6. The van der Waals surface area contributed by atoms with Crippen molar-refractivity contribution in [1.29, 1.82) is 0 Å². The van der Waals surface area contributed by atoms with Gasteiger partial charge in [0.25, 0.3) is 0 Å². The molecule has 0 bridgehead atoms. The van der Waals surface area contributed by atoms with Gasteiger partial charge in [-0.1, -0.05) is 156 Å². The molecule has 1 rings (SSSR count). The van der Waals surface area contributed by atoms with Gasteiger partial charge in [0.15, 0.2) is 0 Å². The monoisotopic (exact) mass is 764 g/mol. The van der Waals surface area contributed by atoms with Crippen molar-refractivity contribution < 1.29 is 24.2 Å². The molecule has 0 radical (unpaired) electrons. The Balaban J connectivity index is 2.21. The molecule has 0 heterocycles. The summed E-state index contributed by atoms with van der Waals surface area (Å²) in [5.74, 6) is 0.0385. The van der Waals surface area contributed by atoms with Crippen molar-refractivity contribution in [2.75, 3.05) is 32.8 Å². The third-order valence-electron chi connectivity index (χ3n) is 12.0. The number of rotatable bonds is 43. The minimum atomic E-state index is 0.0113. The molecule has 1 aliphatic rings. The zero-order valence-corrected chi connectivity index (χ0v) is 36.6. The van der Waals surface area contributed by atoms with Crippen LogP contribution < -0.4 is 0 Å². The molecule has 0 aromatic heterocycles. The smallest absolute Gasteiger partial charge is 0.306 e. The Kier molecular flexibility index (Phi) is 35.3. The molecule has 0 aromatic rings. The SMILES string of the molecule is CCCCCCCCCC(=O)OCC1(CCCCCN(CCCCO)CCCCCCCC(=O)OC(CCCCCCCC)CCCCCCCC)CC1. The second-order valence-corrected chi connectivity index (χ2v) is 17.4. The van der Waals surface area contributed by atoms with Crippen LogP contribution in [-0.4, -0.2) is 60.9 Å². The largest absolute Gasteiger partial charge is 0.465 e. The summed E-state index contributed by atoms with van der Waals surface area (Å²) in [5.41, 5.74) is 0.274. The highest BCUT2D eigenvalue weighted by Gasteiger charge is 2.43. The van der Waals surface area contributed by atoms with Gasteiger partial charge in [0.05, 0.1) is 6.61 Å². The molecular formula is C48H93NO5. The van der Waals surface area contributed by atoms with Crippen LogP contribution in [0.25, 0.3) is 0 Å². The number of carbonyl (C=O) groups is 2. The Bertz CT molecular complexity index is 814. The fourth-order valence-corrected chi connectivity index (χ4v) is 7.92. The minimum Gasteiger partial charge on any atom is -0.465 e. The van der Waals surface area contributed by atoms with Crippen molar-refractivity contribution in [3.05, 3.63) is 0 Å². The molecule has 6 nitrogen and oxygen atoms in total. The summed E-state index contributed by atoms with van der Waals surface area (Å²) < 4.78 is 11.8. The highest BCUT2D eigenvalue weighted by molar-refractivity contribution is 5.69. The van der Waals surface area contributed by atoms with E-state index in [1.165, 1.54) is 167 Å². The van der Waals surface area contributed by atoms with E-state index in [1.54, 1.807) is 0 Å². The Hall–Kier alpha value is -1.14. The molecule has 1 saturated carbocycles. The van der Waals surface area contributed by atoms with Gasteiger partial charge < -0.3 is 19.5 Å². The van der Waals surface area contributed by atoms with Crippen molar-refractivity contribution in [3.8, 4) is 0 Å². The molecule has 1 fully saturated rings. The number of nitrogens with zero attached hydrogens (tertiary/aromatic N) is 1. The second-order valence-electron chi connectivity index (χ2n) is 17.4. The first-order chi connectivity index (χ1) is 26.5. The topological polar surface area (TPSA) is 76.1 Å². The fourth-order valence-electron chi connectivity index (χ4n) is 7.92. The molecule has 0 atom stereocenters. The van der Waals surface area contributed by atoms with Crippen molar-refractivity contribution >= 4 is 11.9 Å². The maximum Gasteiger partial charge on any atom is 0.306 e. The van der Waals surface area contributed by atoms with Crippen molar-refractivity contribution in [2.45, 2.75) is 258 Å². The van der Waals surface area contributed by atoms with Gasteiger partial charge in [-0.15, -0.1) is 0 Å². The van der Waals surface area contributed by atoms with Crippen LogP contribution in [0.4, 0.5) is 0 Å². The van der Waals surface area contributed by atoms with Gasteiger partial charge in [-0.3, -0.25) is 9.59 Å². The summed E-state index contributed by atoms with van der Waals surface area (Å²) in [4.78, 5) is 27.7. The van der Waals surface area contributed by atoms with Crippen LogP contribution in [0.15, 0.2) is 0 Å². The zero-order valence-electron chi connectivity index (χ0n) is 36.6. The third kappa shape index (κ3) is 32.0. The molecule has 0 amide bonds. The number of aliphatic hydroxyl groups is 1. The Morgan fingerprint density at radius 1 is 0.519 bits per heavy atom. The van der Waals surface area contributed by atoms with Gasteiger partial charge in [0.2, 0.25) is 0 Å². The summed E-state index contributed by atoms with van der Waals surface area (Å²) in [6.45, 7) is 11.0. The molecule has 0 aromatic carbocycles. The summed E-state index contributed by atoms with van der Waals surface area (Å²) in [6, 6.07) is 0. The maximum absolute atomic E-state index is 12.8. The number of aliphatic hydroxyl groups excluding tert-OH is 1. The second kappa shape index (κ2) is 37.4. The van der Waals surface area contributed by atoms with E-state index in [4.69, 9.17) is 9.47 Å². The van der Waals surface area contributed by atoms with E-state index in [1.807, 2.05) is 0 Å². The highest BCUT2D eigenvalue weighted by Crippen LogP contribution is 2.50. The molecule has 1 aliphatic carbocycles. The molecule has 1 N–H and O–H groups in total. The third-order valence-corrected chi connectivity index (χ3v) is 12.0. The quantitative estimate of drug-likeness (QED) is 0.0492. The van der Waals surface area contributed by atoms with Gasteiger partial charge in [-0.2, -0.15) is 0 Å². The lowest BCUT2D eigenvalue weighted by Gasteiger charge is -2.22. The van der Waals surface area contributed by atoms with E-state index in [2.05, 4.69) is 25.7 Å². The predicted octanol–water partition coefficient (Wildman–Crippen LogP) is 13.8. The normalized spacial score (nSPS) is 13.6. The van der Waals surface area contributed by atoms with Gasteiger partial charge in [-0.25, -0.2) is 0 Å². The van der Waals surface area contributed by atoms with Crippen molar-refractivity contribution in [2.24, 2.45) is 5.41 Å². The van der Waals surface area contributed by atoms with E-state index in [-0.39, 0.29) is 30.1 Å². The van der Waals surface area contributed by atoms with Crippen molar-refractivity contribution in [3.63, 3.8) is 0 Å².